The highest BCUT2D eigenvalue weighted by Crippen LogP contribution is 2.19. The van der Waals surface area contributed by atoms with Crippen LogP contribution in [0, 0.1) is 0 Å². The molecule has 0 unspecified atom stereocenters. The summed E-state index contributed by atoms with van der Waals surface area (Å²) < 4.78 is 0. The number of H-pyrrole nitrogens is 1. The topological polar surface area (TPSA) is 53.2 Å². The number of Topliss-reactive ketones (excluding diaryl/α,β-unsaturated/α-hetero) is 1. The molecule has 0 bridgehead atoms. The second kappa shape index (κ2) is 7.83. The Morgan fingerprint density at radius 3 is 2.46 bits per heavy atom. The first-order valence-electron chi connectivity index (χ1n) is 8.69. The number of para-hydroxylation sites is 1. The number of carbonyl (C=O) groups is 2. The fraction of sp³-hybridized carbons (Fsp3) is 0.182. The van der Waals surface area contributed by atoms with Crippen LogP contribution >= 0.6 is 0 Å². The van der Waals surface area contributed by atoms with Crippen molar-refractivity contribution >= 4 is 28.7 Å². The fourth-order valence-corrected chi connectivity index (χ4v) is 2.87. The van der Waals surface area contributed by atoms with Gasteiger partial charge in [0.1, 0.15) is 0 Å². The molecule has 1 N–H and O–H groups in total. The molecule has 1 heterocycles. The lowest BCUT2D eigenvalue weighted by Gasteiger charge is -2.24. The van der Waals surface area contributed by atoms with Gasteiger partial charge >= 0.3 is 0 Å². The van der Waals surface area contributed by atoms with E-state index in [1.807, 2.05) is 62.5 Å². The van der Waals surface area contributed by atoms with Crippen LogP contribution in [0.25, 0.3) is 17.0 Å². The Morgan fingerprint density at radius 2 is 1.73 bits per heavy atom. The number of hydrogen-bond acceptors (Lipinski definition) is 2. The normalized spacial score (nSPS) is 11.3. The average molecular weight is 346 g/mol. The first kappa shape index (κ1) is 17.7. The minimum Gasteiger partial charge on any atom is -0.361 e. The van der Waals surface area contributed by atoms with E-state index in [0.717, 1.165) is 16.5 Å². The van der Waals surface area contributed by atoms with Gasteiger partial charge in [-0.15, -0.1) is 0 Å². The molecular formula is C22H22N2O2. The van der Waals surface area contributed by atoms with Gasteiger partial charge in [0.05, 0.1) is 6.54 Å². The predicted octanol–water partition coefficient (Wildman–Crippen LogP) is 4.30. The van der Waals surface area contributed by atoms with Crippen LogP contribution in [0.4, 0.5) is 0 Å². The number of fused-ring (bicyclic) bond motifs is 1. The van der Waals surface area contributed by atoms with Crippen molar-refractivity contribution in [2.24, 2.45) is 0 Å². The van der Waals surface area contributed by atoms with Crippen LogP contribution in [0.15, 0.2) is 66.9 Å². The Morgan fingerprint density at radius 1 is 1.04 bits per heavy atom. The Labute approximate surface area is 153 Å². The second-order valence-corrected chi connectivity index (χ2v) is 6.47. The van der Waals surface area contributed by atoms with Crippen molar-refractivity contribution in [2.75, 3.05) is 6.54 Å². The maximum atomic E-state index is 12.7. The van der Waals surface area contributed by atoms with Gasteiger partial charge in [-0.1, -0.05) is 48.5 Å². The number of aromatic nitrogens is 1. The van der Waals surface area contributed by atoms with Gasteiger partial charge in [-0.3, -0.25) is 9.59 Å². The number of hydrogen-bond donors (Lipinski definition) is 1. The van der Waals surface area contributed by atoms with Crippen LogP contribution in [0.1, 0.15) is 29.8 Å². The summed E-state index contributed by atoms with van der Waals surface area (Å²) in [5, 5.41) is 1.06. The van der Waals surface area contributed by atoms with Crippen LogP contribution in [-0.2, 0) is 4.79 Å². The number of nitrogens with zero attached hydrogens (tertiary/aromatic N) is 1. The van der Waals surface area contributed by atoms with Crippen molar-refractivity contribution in [3.8, 4) is 0 Å². The average Bonchev–Trinajstić information content (AvgIpc) is 3.07. The molecule has 0 saturated heterocycles. The molecular weight excluding hydrogens is 324 g/mol. The maximum Gasteiger partial charge on any atom is 0.247 e. The van der Waals surface area contributed by atoms with Crippen LogP contribution in [0.3, 0.4) is 0 Å². The molecule has 0 atom stereocenters. The first-order chi connectivity index (χ1) is 12.6. The van der Waals surface area contributed by atoms with Gasteiger partial charge in [0.2, 0.25) is 5.91 Å². The van der Waals surface area contributed by atoms with Gasteiger partial charge in [-0.05, 0) is 31.6 Å². The summed E-state index contributed by atoms with van der Waals surface area (Å²) in [6, 6.07) is 16.9. The molecule has 3 rings (SSSR count). The number of ketones is 1. The smallest absolute Gasteiger partial charge is 0.247 e. The van der Waals surface area contributed by atoms with E-state index >= 15 is 0 Å². The minimum absolute atomic E-state index is 0.0619. The number of benzene rings is 2. The van der Waals surface area contributed by atoms with Gasteiger partial charge < -0.3 is 9.88 Å². The lowest BCUT2D eigenvalue weighted by molar-refractivity contribution is -0.127. The van der Waals surface area contributed by atoms with E-state index < -0.39 is 0 Å². The maximum absolute atomic E-state index is 12.7. The van der Waals surface area contributed by atoms with Gasteiger partial charge in [0.15, 0.2) is 5.78 Å². The summed E-state index contributed by atoms with van der Waals surface area (Å²) in [7, 11) is 0. The third kappa shape index (κ3) is 3.91. The zero-order valence-electron chi connectivity index (χ0n) is 15.0. The molecule has 4 heteroatoms. The highest BCUT2D eigenvalue weighted by atomic mass is 16.2. The van der Waals surface area contributed by atoms with E-state index in [9.17, 15) is 9.59 Å². The van der Waals surface area contributed by atoms with Crippen LogP contribution in [0.5, 0.6) is 0 Å². The number of nitrogens with one attached hydrogen (secondary N) is 1. The van der Waals surface area contributed by atoms with Crippen LogP contribution in [0.2, 0.25) is 0 Å². The van der Waals surface area contributed by atoms with E-state index in [4.69, 9.17) is 0 Å². The predicted molar refractivity (Wildman–Crippen MR) is 105 cm³/mol. The summed E-state index contributed by atoms with van der Waals surface area (Å²) in [6.45, 7) is 3.89. The molecule has 1 aromatic heterocycles. The fourth-order valence-electron chi connectivity index (χ4n) is 2.87. The van der Waals surface area contributed by atoms with Gasteiger partial charge in [-0.2, -0.15) is 0 Å². The lowest BCUT2D eigenvalue weighted by atomic mass is 10.1. The molecule has 0 saturated carbocycles. The molecule has 3 aromatic rings. The summed E-state index contributed by atoms with van der Waals surface area (Å²) in [5.74, 6) is -0.234. The molecule has 0 aliphatic carbocycles. The van der Waals surface area contributed by atoms with Crippen LogP contribution < -0.4 is 0 Å². The van der Waals surface area contributed by atoms with Gasteiger partial charge in [-0.25, -0.2) is 0 Å². The molecule has 0 fully saturated rings. The SMILES string of the molecule is CC(C)N(CC(=O)c1ccccc1)C(=O)/C=C/c1c[nH]c2ccccc12. The Hall–Kier alpha value is -3.14. The van der Waals surface area contributed by atoms with E-state index in [1.165, 1.54) is 6.08 Å². The Balaban J connectivity index is 1.75. The highest BCUT2D eigenvalue weighted by Gasteiger charge is 2.19. The molecule has 26 heavy (non-hydrogen) atoms. The molecule has 0 spiro atoms. The molecule has 2 aromatic carbocycles. The number of rotatable bonds is 6. The largest absolute Gasteiger partial charge is 0.361 e. The Bertz CT molecular complexity index is 939. The molecule has 132 valence electrons. The molecule has 4 nitrogen and oxygen atoms in total. The van der Waals surface area contributed by atoms with Crippen molar-refractivity contribution in [3.63, 3.8) is 0 Å². The van der Waals surface area contributed by atoms with Crippen LogP contribution in [-0.4, -0.2) is 34.2 Å². The van der Waals surface area contributed by atoms with Crippen molar-refractivity contribution in [3.05, 3.63) is 78.0 Å². The highest BCUT2D eigenvalue weighted by molar-refractivity contribution is 6.02. The standard InChI is InChI=1S/C22H22N2O2/c1-16(2)24(15-21(25)17-8-4-3-5-9-17)22(26)13-12-18-14-23-20-11-7-6-10-19(18)20/h3-14,16,23H,15H2,1-2H3/b13-12+. The zero-order valence-corrected chi connectivity index (χ0v) is 15.0. The number of aromatic amines is 1. The third-order valence-electron chi connectivity index (χ3n) is 4.34. The summed E-state index contributed by atoms with van der Waals surface area (Å²) in [5.41, 5.74) is 2.60. The van der Waals surface area contributed by atoms with E-state index in [0.29, 0.717) is 5.56 Å². The summed E-state index contributed by atoms with van der Waals surface area (Å²) in [4.78, 5) is 29.9. The van der Waals surface area contributed by atoms with E-state index in [1.54, 1.807) is 23.1 Å². The quantitative estimate of drug-likeness (QED) is 0.534. The monoisotopic (exact) mass is 346 g/mol. The molecule has 0 aliphatic heterocycles. The van der Waals surface area contributed by atoms with Gasteiger partial charge in [0, 0.05) is 34.8 Å². The van der Waals surface area contributed by atoms with Crippen molar-refractivity contribution in [2.45, 2.75) is 19.9 Å². The van der Waals surface area contributed by atoms with E-state index in [2.05, 4.69) is 4.98 Å². The minimum atomic E-state index is -0.172. The molecule has 0 aliphatic rings. The number of amides is 1. The van der Waals surface area contributed by atoms with Crippen molar-refractivity contribution in [1.29, 1.82) is 0 Å². The second-order valence-electron chi connectivity index (χ2n) is 6.47. The van der Waals surface area contributed by atoms with Crippen molar-refractivity contribution < 1.29 is 9.59 Å². The molecule has 1 amide bonds. The lowest BCUT2D eigenvalue weighted by Crippen LogP contribution is -2.39. The zero-order chi connectivity index (χ0) is 18.5. The third-order valence-corrected chi connectivity index (χ3v) is 4.34. The van der Waals surface area contributed by atoms with Crippen molar-refractivity contribution in [1.82, 2.24) is 9.88 Å². The van der Waals surface area contributed by atoms with E-state index in [-0.39, 0.29) is 24.3 Å². The summed E-state index contributed by atoms with van der Waals surface area (Å²) >= 11 is 0. The van der Waals surface area contributed by atoms with Gasteiger partial charge in [0.25, 0.3) is 0 Å². The summed E-state index contributed by atoms with van der Waals surface area (Å²) in [6.07, 6.45) is 5.21. The molecule has 0 radical (unpaired) electrons. The number of carbonyl (C=O) groups excluding carboxylic acids is 2. The Kier molecular flexibility index (Phi) is 5.32. The first-order valence-corrected chi connectivity index (χ1v) is 8.69.